The van der Waals surface area contributed by atoms with E-state index in [4.69, 9.17) is 10.5 Å². The van der Waals surface area contributed by atoms with Gasteiger partial charge in [-0.3, -0.25) is 4.79 Å². The molecule has 21 heavy (non-hydrogen) atoms. The monoisotopic (exact) mass is 294 g/mol. The third kappa shape index (κ3) is 5.94. The predicted octanol–water partition coefficient (Wildman–Crippen LogP) is 0.720. The Hall–Kier alpha value is -2.57. The molecule has 114 valence electrons. The summed E-state index contributed by atoms with van der Waals surface area (Å²) >= 11 is 0. The molecule has 0 aliphatic rings. The molecule has 1 rings (SSSR count). The summed E-state index contributed by atoms with van der Waals surface area (Å²) < 4.78 is 9.64. The molecule has 0 fully saturated rings. The van der Waals surface area contributed by atoms with Crippen molar-refractivity contribution >= 4 is 18.0 Å². The van der Waals surface area contributed by atoms with E-state index >= 15 is 0 Å². The largest absolute Gasteiger partial charge is 0.454 e. The molecule has 2 amide bonds. The molecule has 0 saturated heterocycles. The van der Waals surface area contributed by atoms with Crippen LogP contribution in [0.25, 0.3) is 0 Å². The fraction of sp³-hybridized carbons (Fsp3) is 0.357. The third-order valence-corrected chi connectivity index (χ3v) is 2.48. The highest BCUT2D eigenvalue weighted by atomic mass is 16.6. The summed E-state index contributed by atoms with van der Waals surface area (Å²) in [6.45, 7) is 2.41. The Morgan fingerprint density at radius 3 is 2.33 bits per heavy atom. The molecule has 0 saturated carbocycles. The summed E-state index contributed by atoms with van der Waals surface area (Å²) in [5.74, 6) is -1.55. The fourth-order valence-electron chi connectivity index (χ4n) is 1.38. The second kappa shape index (κ2) is 7.28. The molecular formula is C14H18N2O5. The Balaban J connectivity index is 2.44. The molecule has 0 aromatic heterocycles. The van der Waals surface area contributed by atoms with Crippen LogP contribution in [0.5, 0.6) is 0 Å². The second-order valence-electron chi connectivity index (χ2n) is 4.85. The molecule has 0 atom stereocenters. The second-order valence-corrected chi connectivity index (χ2v) is 4.85. The van der Waals surface area contributed by atoms with Gasteiger partial charge in [-0.2, -0.15) is 0 Å². The number of carbonyl (C=O) groups excluding carboxylic acids is 3. The van der Waals surface area contributed by atoms with Crippen molar-refractivity contribution in [2.75, 3.05) is 6.61 Å². The first kappa shape index (κ1) is 16.5. The number of primary amides is 1. The molecule has 7 heteroatoms. The molecule has 7 nitrogen and oxygen atoms in total. The van der Waals surface area contributed by atoms with Crippen LogP contribution in [-0.2, 0) is 25.7 Å². The van der Waals surface area contributed by atoms with Crippen LogP contribution >= 0.6 is 0 Å². The van der Waals surface area contributed by atoms with Crippen molar-refractivity contribution < 1.29 is 23.9 Å². The average Bonchev–Trinajstić information content (AvgIpc) is 2.43. The van der Waals surface area contributed by atoms with E-state index in [0.29, 0.717) is 0 Å². The van der Waals surface area contributed by atoms with E-state index in [1.165, 1.54) is 13.8 Å². The molecule has 0 spiro atoms. The number of amides is 2. The van der Waals surface area contributed by atoms with E-state index in [1.807, 2.05) is 18.2 Å². The van der Waals surface area contributed by atoms with Crippen LogP contribution < -0.4 is 11.1 Å². The first-order chi connectivity index (χ1) is 9.81. The summed E-state index contributed by atoms with van der Waals surface area (Å²) in [7, 11) is 0. The Bertz CT molecular complexity index is 513. The Morgan fingerprint density at radius 1 is 1.14 bits per heavy atom. The van der Waals surface area contributed by atoms with Crippen LogP contribution in [0.2, 0.25) is 0 Å². The van der Waals surface area contributed by atoms with Gasteiger partial charge in [0.1, 0.15) is 12.1 Å². The summed E-state index contributed by atoms with van der Waals surface area (Å²) in [6, 6.07) is 9.10. The average molecular weight is 294 g/mol. The van der Waals surface area contributed by atoms with E-state index in [-0.39, 0.29) is 6.61 Å². The predicted molar refractivity (Wildman–Crippen MR) is 74.0 cm³/mol. The Labute approximate surface area is 122 Å². The van der Waals surface area contributed by atoms with Gasteiger partial charge >= 0.3 is 12.1 Å². The molecule has 0 aliphatic carbocycles. The molecule has 0 radical (unpaired) electrons. The molecular weight excluding hydrogens is 276 g/mol. The van der Waals surface area contributed by atoms with Crippen molar-refractivity contribution in [1.82, 2.24) is 5.32 Å². The van der Waals surface area contributed by atoms with Crippen molar-refractivity contribution in [3.05, 3.63) is 35.9 Å². The summed E-state index contributed by atoms with van der Waals surface area (Å²) in [5, 5.41) is 2.36. The van der Waals surface area contributed by atoms with E-state index < -0.39 is 30.1 Å². The van der Waals surface area contributed by atoms with Gasteiger partial charge in [-0.25, -0.2) is 9.59 Å². The van der Waals surface area contributed by atoms with Crippen LogP contribution in [-0.4, -0.2) is 30.1 Å². The molecule has 0 unspecified atom stereocenters. The minimum absolute atomic E-state index is 0.0824. The van der Waals surface area contributed by atoms with Gasteiger partial charge in [0.05, 0.1) is 0 Å². The summed E-state index contributed by atoms with van der Waals surface area (Å²) in [4.78, 5) is 33.9. The standard InChI is InChI=1S/C14H18N2O5/c1-14(2,12(18)20-9-11(15)17)16-13(19)21-8-10-6-4-3-5-7-10/h3-7H,8-9H2,1-2H3,(H2,15,17)(H,16,19). The van der Waals surface area contributed by atoms with Gasteiger partial charge in [0.15, 0.2) is 6.61 Å². The van der Waals surface area contributed by atoms with Crippen LogP contribution in [0.4, 0.5) is 4.79 Å². The zero-order valence-corrected chi connectivity index (χ0v) is 11.9. The maximum absolute atomic E-state index is 11.7. The molecule has 3 N–H and O–H groups in total. The topological polar surface area (TPSA) is 108 Å². The minimum atomic E-state index is -1.33. The Kier molecular flexibility index (Phi) is 5.71. The highest BCUT2D eigenvalue weighted by molar-refractivity contribution is 5.86. The molecule has 0 heterocycles. The van der Waals surface area contributed by atoms with Crippen molar-refractivity contribution in [3.63, 3.8) is 0 Å². The molecule has 0 aliphatic heterocycles. The van der Waals surface area contributed by atoms with Gasteiger partial charge in [0, 0.05) is 0 Å². The molecule has 1 aromatic carbocycles. The normalized spacial score (nSPS) is 10.6. The van der Waals surface area contributed by atoms with E-state index in [0.717, 1.165) is 5.56 Å². The number of alkyl carbamates (subject to hydrolysis) is 1. The number of nitrogens with two attached hydrogens (primary N) is 1. The number of nitrogens with one attached hydrogen (secondary N) is 1. The van der Waals surface area contributed by atoms with Crippen LogP contribution in [0.3, 0.4) is 0 Å². The van der Waals surface area contributed by atoms with Crippen LogP contribution in [0.15, 0.2) is 30.3 Å². The van der Waals surface area contributed by atoms with Gasteiger partial charge in [-0.1, -0.05) is 30.3 Å². The minimum Gasteiger partial charge on any atom is -0.454 e. The number of carbonyl (C=O) groups is 3. The van der Waals surface area contributed by atoms with Crippen LogP contribution in [0, 0.1) is 0 Å². The first-order valence-electron chi connectivity index (χ1n) is 6.25. The zero-order chi connectivity index (χ0) is 15.9. The van der Waals surface area contributed by atoms with E-state index in [9.17, 15) is 14.4 Å². The van der Waals surface area contributed by atoms with Gasteiger partial charge in [-0.05, 0) is 19.4 Å². The number of benzene rings is 1. The number of ether oxygens (including phenoxy) is 2. The third-order valence-electron chi connectivity index (χ3n) is 2.48. The zero-order valence-electron chi connectivity index (χ0n) is 11.9. The van der Waals surface area contributed by atoms with E-state index in [1.54, 1.807) is 12.1 Å². The maximum Gasteiger partial charge on any atom is 0.408 e. The SMILES string of the molecule is CC(C)(NC(=O)OCc1ccccc1)C(=O)OCC(N)=O. The van der Waals surface area contributed by atoms with Gasteiger partial charge in [0.25, 0.3) is 5.91 Å². The number of esters is 1. The van der Waals surface area contributed by atoms with Crippen LogP contribution in [0.1, 0.15) is 19.4 Å². The van der Waals surface area contributed by atoms with Crippen molar-refractivity contribution in [3.8, 4) is 0 Å². The maximum atomic E-state index is 11.7. The highest BCUT2D eigenvalue weighted by Crippen LogP contribution is 2.07. The molecule has 0 bridgehead atoms. The Morgan fingerprint density at radius 2 is 1.76 bits per heavy atom. The number of hydrogen-bond donors (Lipinski definition) is 2. The van der Waals surface area contributed by atoms with Gasteiger partial charge < -0.3 is 20.5 Å². The van der Waals surface area contributed by atoms with Gasteiger partial charge in [-0.15, -0.1) is 0 Å². The van der Waals surface area contributed by atoms with Crippen molar-refractivity contribution in [1.29, 1.82) is 0 Å². The lowest BCUT2D eigenvalue weighted by Crippen LogP contribution is -2.51. The quantitative estimate of drug-likeness (QED) is 0.752. The lowest BCUT2D eigenvalue weighted by Gasteiger charge is -2.23. The van der Waals surface area contributed by atoms with Gasteiger partial charge in [0.2, 0.25) is 0 Å². The summed E-state index contributed by atoms with van der Waals surface area (Å²) in [5.41, 5.74) is 4.36. The smallest absolute Gasteiger partial charge is 0.408 e. The van der Waals surface area contributed by atoms with Crippen molar-refractivity contribution in [2.45, 2.75) is 26.0 Å². The molecule has 1 aromatic rings. The highest BCUT2D eigenvalue weighted by Gasteiger charge is 2.32. The fourth-order valence-corrected chi connectivity index (χ4v) is 1.38. The summed E-state index contributed by atoms with van der Waals surface area (Å²) in [6.07, 6.45) is -0.764. The first-order valence-corrected chi connectivity index (χ1v) is 6.25. The van der Waals surface area contributed by atoms with Crippen molar-refractivity contribution in [2.24, 2.45) is 5.73 Å². The van der Waals surface area contributed by atoms with E-state index in [2.05, 4.69) is 10.1 Å². The lowest BCUT2D eigenvalue weighted by atomic mass is 10.1. The number of hydrogen-bond acceptors (Lipinski definition) is 5. The lowest BCUT2D eigenvalue weighted by molar-refractivity contribution is -0.153. The number of rotatable bonds is 6.